The Morgan fingerprint density at radius 3 is 2.33 bits per heavy atom. The lowest BCUT2D eigenvalue weighted by Gasteiger charge is -2.12. The minimum atomic E-state index is -3.93. The number of amides is 1. The van der Waals surface area contributed by atoms with Gasteiger partial charge in [-0.05, 0) is 35.9 Å². The molecule has 2 rings (SSSR count). The van der Waals surface area contributed by atoms with E-state index in [1.54, 1.807) is 38.4 Å². The van der Waals surface area contributed by atoms with Gasteiger partial charge in [-0.15, -0.1) is 0 Å². The van der Waals surface area contributed by atoms with Crippen LogP contribution in [0, 0.1) is 5.82 Å². The maximum absolute atomic E-state index is 13.0. The lowest BCUT2D eigenvalue weighted by atomic mass is 10.1. The molecule has 5 nitrogen and oxygen atoms in total. The smallest absolute Gasteiger partial charge is 0.263 e. The molecule has 0 spiro atoms. The summed E-state index contributed by atoms with van der Waals surface area (Å²) in [6, 6.07) is 9.48. The van der Waals surface area contributed by atoms with E-state index in [-0.39, 0.29) is 22.2 Å². The fourth-order valence-corrected chi connectivity index (χ4v) is 3.52. The predicted octanol–water partition coefficient (Wildman–Crippen LogP) is 2.91. The molecule has 0 bridgehead atoms. The third-order valence-corrected chi connectivity index (χ3v) is 5.11. The van der Waals surface area contributed by atoms with E-state index in [1.165, 1.54) is 4.90 Å². The molecule has 0 radical (unpaired) electrons. The molecule has 0 aliphatic carbocycles. The normalized spacial score (nSPS) is 11.2. The average molecular weight is 371 g/mol. The van der Waals surface area contributed by atoms with E-state index in [0.29, 0.717) is 5.69 Å². The van der Waals surface area contributed by atoms with Crippen LogP contribution in [-0.2, 0) is 21.2 Å². The molecule has 0 atom stereocenters. The molecular weight excluding hydrogens is 355 g/mol. The van der Waals surface area contributed by atoms with E-state index < -0.39 is 15.8 Å². The molecule has 0 aliphatic rings. The summed E-state index contributed by atoms with van der Waals surface area (Å²) < 4.78 is 40.0. The molecule has 24 heavy (non-hydrogen) atoms. The van der Waals surface area contributed by atoms with E-state index in [4.69, 9.17) is 11.6 Å². The van der Waals surface area contributed by atoms with Crippen LogP contribution in [-0.4, -0.2) is 33.3 Å². The van der Waals surface area contributed by atoms with E-state index in [0.717, 1.165) is 23.8 Å². The van der Waals surface area contributed by atoms with Gasteiger partial charge in [0.25, 0.3) is 10.0 Å². The third kappa shape index (κ3) is 4.46. The van der Waals surface area contributed by atoms with Gasteiger partial charge < -0.3 is 4.90 Å². The SMILES string of the molecule is CN(C)C(=O)Cc1ccc(NS(=O)(=O)c2ccc(F)cc2Cl)cc1. The highest BCUT2D eigenvalue weighted by Gasteiger charge is 2.18. The first-order valence-corrected chi connectivity index (χ1v) is 8.82. The monoisotopic (exact) mass is 370 g/mol. The minimum absolute atomic E-state index is 0.0542. The van der Waals surface area contributed by atoms with Gasteiger partial charge >= 0.3 is 0 Å². The van der Waals surface area contributed by atoms with Crippen LogP contribution in [0.5, 0.6) is 0 Å². The number of sulfonamides is 1. The van der Waals surface area contributed by atoms with E-state index in [2.05, 4.69) is 4.72 Å². The fraction of sp³-hybridized carbons (Fsp3) is 0.188. The van der Waals surface area contributed by atoms with Gasteiger partial charge in [-0.3, -0.25) is 9.52 Å². The Hall–Kier alpha value is -2.12. The second-order valence-corrected chi connectivity index (χ2v) is 7.40. The molecule has 0 heterocycles. The average Bonchev–Trinajstić information content (AvgIpc) is 2.48. The number of nitrogens with zero attached hydrogens (tertiary/aromatic N) is 1. The summed E-state index contributed by atoms with van der Waals surface area (Å²) in [7, 11) is -0.606. The Balaban J connectivity index is 2.17. The lowest BCUT2D eigenvalue weighted by Crippen LogP contribution is -2.23. The molecule has 0 aromatic heterocycles. The van der Waals surface area contributed by atoms with Gasteiger partial charge in [-0.25, -0.2) is 12.8 Å². The van der Waals surface area contributed by atoms with Crippen LogP contribution in [0.4, 0.5) is 10.1 Å². The fourth-order valence-electron chi connectivity index (χ4n) is 1.93. The van der Waals surface area contributed by atoms with Crippen molar-refractivity contribution in [1.29, 1.82) is 0 Å². The minimum Gasteiger partial charge on any atom is -0.349 e. The summed E-state index contributed by atoms with van der Waals surface area (Å²) in [4.78, 5) is 12.9. The van der Waals surface area contributed by atoms with Gasteiger partial charge in [0.15, 0.2) is 0 Å². The summed E-state index contributed by atoms with van der Waals surface area (Å²) in [6.45, 7) is 0. The van der Waals surface area contributed by atoms with Crippen molar-refractivity contribution in [3.8, 4) is 0 Å². The highest BCUT2D eigenvalue weighted by molar-refractivity contribution is 7.92. The van der Waals surface area contributed by atoms with Crippen LogP contribution in [0.3, 0.4) is 0 Å². The molecule has 8 heteroatoms. The zero-order valence-electron chi connectivity index (χ0n) is 13.1. The number of hydrogen-bond donors (Lipinski definition) is 1. The Morgan fingerprint density at radius 1 is 1.17 bits per heavy atom. The summed E-state index contributed by atoms with van der Waals surface area (Å²) in [5.74, 6) is -0.671. The molecule has 128 valence electrons. The zero-order chi connectivity index (χ0) is 17.9. The van der Waals surface area contributed by atoms with E-state index in [1.807, 2.05) is 0 Å². The third-order valence-electron chi connectivity index (χ3n) is 3.24. The Kier molecular flexibility index (Phi) is 5.46. The highest BCUT2D eigenvalue weighted by Crippen LogP contribution is 2.24. The number of halogens is 2. The molecule has 0 saturated carbocycles. The highest BCUT2D eigenvalue weighted by atomic mass is 35.5. The van der Waals surface area contributed by atoms with Gasteiger partial charge in [0.1, 0.15) is 10.7 Å². The maximum Gasteiger partial charge on any atom is 0.263 e. The molecule has 2 aromatic carbocycles. The van der Waals surface area contributed by atoms with Crippen LogP contribution in [0.1, 0.15) is 5.56 Å². The summed E-state index contributed by atoms with van der Waals surface area (Å²) >= 11 is 5.79. The maximum atomic E-state index is 13.0. The Bertz CT molecular complexity index is 852. The van der Waals surface area contributed by atoms with Crippen molar-refractivity contribution in [2.75, 3.05) is 18.8 Å². The van der Waals surface area contributed by atoms with Crippen molar-refractivity contribution >= 4 is 33.2 Å². The van der Waals surface area contributed by atoms with Crippen molar-refractivity contribution in [3.05, 3.63) is 58.9 Å². The molecule has 0 saturated heterocycles. The summed E-state index contributed by atoms with van der Waals surface area (Å²) in [5, 5.41) is -0.198. The van der Waals surface area contributed by atoms with Crippen LogP contribution < -0.4 is 4.72 Å². The number of nitrogens with one attached hydrogen (secondary N) is 1. The van der Waals surface area contributed by atoms with E-state index >= 15 is 0 Å². The quantitative estimate of drug-likeness (QED) is 0.880. The lowest BCUT2D eigenvalue weighted by molar-refractivity contribution is -0.127. The zero-order valence-corrected chi connectivity index (χ0v) is 14.7. The van der Waals surface area contributed by atoms with Gasteiger partial charge in [0.05, 0.1) is 11.4 Å². The number of carbonyl (C=O) groups excluding carboxylic acids is 1. The molecular formula is C16H16ClFN2O3S. The molecule has 1 N–H and O–H groups in total. The predicted molar refractivity (Wildman–Crippen MR) is 91.1 cm³/mol. The number of rotatable bonds is 5. The topological polar surface area (TPSA) is 66.5 Å². The Morgan fingerprint density at radius 2 is 1.79 bits per heavy atom. The molecule has 2 aromatic rings. The number of benzene rings is 2. The molecule has 0 aliphatic heterocycles. The number of hydrogen-bond acceptors (Lipinski definition) is 3. The first-order valence-electron chi connectivity index (χ1n) is 6.96. The van der Waals surface area contributed by atoms with Crippen molar-refractivity contribution in [2.24, 2.45) is 0 Å². The number of anilines is 1. The van der Waals surface area contributed by atoms with Crippen molar-refractivity contribution in [3.63, 3.8) is 0 Å². The van der Waals surface area contributed by atoms with Crippen LogP contribution in [0.15, 0.2) is 47.4 Å². The van der Waals surface area contributed by atoms with Gasteiger partial charge in [0, 0.05) is 19.8 Å². The van der Waals surface area contributed by atoms with Crippen LogP contribution in [0.2, 0.25) is 5.02 Å². The van der Waals surface area contributed by atoms with E-state index in [9.17, 15) is 17.6 Å². The number of carbonyl (C=O) groups is 1. The van der Waals surface area contributed by atoms with Crippen molar-refractivity contribution < 1.29 is 17.6 Å². The second kappa shape index (κ2) is 7.19. The first kappa shape index (κ1) is 18.2. The molecule has 0 unspecified atom stereocenters. The molecule has 0 fully saturated rings. The van der Waals surface area contributed by atoms with Gasteiger partial charge in [0.2, 0.25) is 5.91 Å². The number of likely N-dealkylation sites (N-methyl/N-ethyl adjacent to an activating group) is 1. The summed E-state index contributed by atoms with van der Waals surface area (Å²) in [5.41, 5.74) is 1.08. The van der Waals surface area contributed by atoms with Crippen LogP contribution >= 0.6 is 11.6 Å². The van der Waals surface area contributed by atoms with Crippen LogP contribution in [0.25, 0.3) is 0 Å². The van der Waals surface area contributed by atoms with Crippen molar-refractivity contribution in [2.45, 2.75) is 11.3 Å². The summed E-state index contributed by atoms with van der Waals surface area (Å²) in [6.07, 6.45) is 0.226. The van der Waals surface area contributed by atoms with Gasteiger partial charge in [-0.1, -0.05) is 23.7 Å². The van der Waals surface area contributed by atoms with Crippen molar-refractivity contribution in [1.82, 2.24) is 4.90 Å². The second-order valence-electron chi connectivity index (χ2n) is 5.34. The largest absolute Gasteiger partial charge is 0.349 e. The molecule has 1 amide bonds. The Labute approximate surface area is 145 Å². The standard InChI is InChI=1S/C16H16ClFN2O3S/c1-20(2)16(21)9-11-3-6-13(7-4-11)19-24(22,23)15-8-5-12(18)10-14(15)17/h3-8,10,19H,9H2,1-2H3. The van der Waals surface area contributed by atoms with Gasteiger partial charge in [-0.2, -0.15) is 0 Å². The first-order chi connectivity index (χ1) is 11.2.